The van der Waals surface area contributed by atoms with Crippen LogP contribution in [0.4, 0.5) is 5.82 Å². The normalized spacial score (nSPS) is 28.3. The number of anilines is 1. The van der Waals surface area contributed by atoms with E-state index >= 15 is 0 Å². The number of esters is 1. The minimum Gasteiger partial charge on any atom is -0.460 e. The van der Waals surface area contributed by atoms with E-state index in [0.717, 1.165) is 6.54 Å². The van der Waals surface area contributed by atoms with Gasteiger partial charge < -0.3 is 34.8 Å². The van der Waals surface area contributed by atoms with Crippen LogP contribution in [-0.4, -0.2) is 92.4 Å². The summed E-state index contributed by atoms with van der Waals surface area (Å²) >= 11 is 0. The number of carbonyl (C=O) groups excluding carboxylic acids is 1. The molecule has 4 heterocycles. The molecule has 16 heteroatoms. The van der Waals surface area contributed by atoms with E-state index in [1.807, 2.05) is 18.0 Å². The van der Waals surface area contributed by atoms with Gasteiger partial charge in [0.15, 0.2) is 5.82 Å². The lowest BCUT2D eigenvalue weighted by Gasteiger charge is -2.28. The van der Waals surface area contributed by atoms with Gasteiger partial charge in [0.2, 0.25) is 5.60 Å². The Kier molecular flexibility index (Phi) is 8.49. The first-order valence-electron chi connectivity index (χ1n) is 13.2. The van der Waals surface area contributed by atoms with Crippen LogP contribution in [0.1, 0.15) is 25.1 Å². The van der Waals surface area contributed by atoms with Gasteiger partial charge in [0, 0.05) is 13.1 Å². The molecule has 0 saturated carbocycles. The maximum atomic E-state index is 14.0. The van der Waals surface area contributed by atoms with Crippen LogP contribution in [0.3, 0.4) is 0 Å². The van der Waals surface area contributed by atoms with Crippen LogP contribution in [0, 0.1) is 11.3 Å². The van der Waals surface area contributed by atoms with Gasteiger partial charge in [0.05, 0.1) is 5.69 Å². The highest BCUT2D eigenvalue weighted by atomic mass is 31.2. The number of nitrogen functional groups attached to an aromatic ring is 1. The molecule has 42 heavy (non-hydrogen) atoms. The quantitative estimate of drug-likeness (QED) is 0.187. The summed E-state index contributed by atoms with van der Waals surface area (Å²) in [5.74, 6) is -0.336. The molecule has 0 spiro atoms. The average molecular weight is 602 g/mol. The molecule has 1 unspecified atom stereocenters. The first-order chi connectivity index (χ1) is 20.0. The number of hydrogen-bond acceptors (Lipinski definition) is 13. The molecular weight excluding hydrogens is 569 g/mol. The Morgan fingerprint density at radius 3 is 2.79 bits per heavy atom. The Hall–Kier alpha value is -3.61. The molecule has 1 aromatic carbocycles. The standard InChI is InChI=1S/C26H32N7O8P/c1-16(25(36)39-18-10-11-32(2)12-18)31-42(37,41-17-6-4-3-5-7-17)38-14-26(13-27)23(35)21(34)22(40-26)19-8-9-20-24(28)29-15-30-33(19)20/h3-9,15-16,18,21-23,34-35H,10-12,14H2,1-2H3,(H,31,37)(H2,28,29,30)/t16-,18+,21-,22-,23-,26+,42?/m0/s1. The zero-order valence-corrected chi connectivity index (χ0v) is 23.8. The summed E-state index contributed by atoms with van der Waals surface area (Å²) < 4.78 is 38.1. The number of likely N-dealkylation sites (tertiary alicyclic amines) is 1. The zero-order chi connectivity index (χ0) is 30.1. The van der Waals surface area contributed by atoms with E-state index < -0.39 is 50.3 Å². The minimum absolute atomic E-state index is 0.153. The SMILES string of the molecule is C[C@H](NP(=O)(OC[C@@]1(C#N)O[C@@H](c2ccc3c(N)ncnn23)[C@H](O)[C@@H]1O)Oc1ccccc1)C(=O)O[C@@H]1CCN(C)C1. The molecule has 2 fully saturated rings. The second kappa shape index (κ2) is 11.9. The third kappa shape index (κ3) is 5.97. The number of nitrogens with one attached hydrogen (secondary N) is 1. The first kappa shape index (κ1) is 29.9. The summed E-state index contributed by atoms with van der Waals surface area (Å²) in [6, 6.07) is 12.0. The van der Waals surface area contributed by atoms with Gasteiger partial charge in [-0.3, -0.25) is 9.32 Å². The van der Waals surface area contributed by atoms with Gasteiger partial charge in [-0.15, -0.1) is 0 Å². The maximum Gasteiger partial charge on any atom is 0.459 e. The number of ether oxygens (including phenoxy) is 2. The van der Waals surface area contributed by atoms with Crippen LogP contribution in [-0.2, 0) is 23.4 Å². The van der Waals surface area contributed by atoms with Crippen molar-refractivity contribution in [3.05, 3.63) is 54.5 Å². The Bertz CT molecular complexity index is 1520. The van der Waals surface area contributed by atoms with Crippen molar-refractivity contribution in [2.45, 2.75) is 49.4 Å². The number of nitrogens with two attached hydrogens (primary N) is 1. The maximum absolute atomic E-state index is 14.0. The number of aromatic nitrogens is 3. The number of likely N-dealkylation sites (N-methyl/N-ethyl adjacent to an activating group) is 1. The Labute approximate surface area is 241 Å². The summed E-state index contributed by atoms with van der Waals surface area (Å²) in [6.45, 7) is 2.00. The van der Waals surface area contributed by atoms with Crippen molar-refractivity contribution in [3.63, 3.8) is 0 Å². The number of carbonyl (C=O) groups is 1. The van der Waals surface area contributed by atoms with Gasteiger partial charge in [-0.1, -0.05) is 18.2 Å². The van der Waals surface area contributed by atoms with E-state index in [1.54, 1.807) is 30.3 Å². The number of aliphatic hydroxyl groups excluding tert-OH is 2. The molecule has 2 aliphatic rings. The van der Waals surface area contributed by atoms with E-state index in [1.165, 1.54) is 29.9 Å². The van der Waals surface area contributed by atoms with Gasteiger partial charge in [-0.05, 0) is 44.7 Å². The molecule has 0 bridgehead atoms. The van der Waals surface area contributed by atoms with Crippen molar-refractivity contribution < 1.29 is 38.1 Å². The van der Waals surface area contributed by atoms with Crippen molar-refractivity contribution in [3.8, 4) is 11.8 Å². The summed E-state index contributed by atoms with van der Waals surface area (Å²) in [5, 5.41) is 38.7. The van der Waals surface area contributed by atoms with Gasteiger partial charge >= 0.3 is 13.7 Å². The van der Waals surface area contributed by atoms with E-state index in [-0.39, 0.29) is 17.7 Å². The van der Waals surface area contributed by atoms with Crippen LogP contribution in [0.15, 0.2) is 48.8 Å². The Morgan fingerprint density at radius 1 is 1.33 bits per heavy atom. The third-order valence-electron chi connectivity index (χ3n) is 7.19. The summed E-state index contributed by atoms with van der Waals surface area (Å²) in [4.78, 5) is 18.8. The molecular formula is C26H32N7O8P. The van der Waals surface area contributed by atoms with Crippen molar-refractivity contribution in [1.82, 2.24) is 24.6 Å². The predicted octanol–water partition coefficient (Wildman–Crippen LogP) is 0.796. The number of hydrogen-bond donors (Lipinski definition) is 4. The third-order valence-corrected chi connectivity index (χ3v) is 8.82. The highest BCUT2D eigenvalue weighted by Gasteiger charge is 2.57. The van der Waals surface area contributed by atoms with Crippen LogP contribution >= 0.6 is 7.75 Å². The smallest absolute Gasteiger partial charge is 0.459 e. The zero-order valence-electron chi connectivity index (χ0n) is 22.9. The van der Waals surface area contributed by atoms with E-state index in [0.29, 0.717) is 24.2 Å². The van der Waals surface area contributed by atoms with Crippen molar-refractivity contribution in [2.75, 3.05) is 32.5 Å². The predicted molar refractivity (Wildman–Crippen MR) is 147 cm³/mol. The minimum atomic E-state index is -4.42. The Morgan fingerprint density at radius 2 is 2.10 bits per heavy atom. The molecule has 224 valence electrons. The van der Waals surface area contributed by atoms with Crippen molar-refractivity contribution in [2.24, 2.45) is 0 Å². The van der Waals surface area contributed by atoms with E-state index in [9.17, 15) is 24.8 Å². The molecule has 0 radical (unpaired) electrons. The lowest BCUT2D eigenvalue weighted by Crippen LogP contribution is -2.46. The molecule has 7 atom stereocenters. The van der Waals surface area contributed by atoms with Crippen molar-refractivity contribution >= 4 is 25.1 Å². The van der Waals surface area contributed by atoms with Crippen molar-refractivity contribution in [1.29, 1.82) is 5.26 Å². The van der Waals surface area contributed by atoms with Crippen LogP contribution in [0.25, 0.3) is 5.52 Å². The highest BCUT2D eigenvalue weighted by Crippen LogP contribution is 2.48. The molecule has 15 nitrogen and oxygen atoms in total. The summed E-state index contributed by atoms with van der Waals surface area (Å²) in [5.41, 5.74) is 4.44. The fourth-order valence-electron chi connectivity index (χ4n) is 4.91. The monoisotopic (exact) mass is 601 g/mol. The average Bonchev–Trinajstić information content (AvgIpc) is 3.65. The number of rotatable bonds is 10. The fourth-order valence-corrected chi connectivity index (χ4v) is 6.43. The largest absolute Gasteiger partial charge is 0.460 e. The molecule has 5 N–H and O–H groups in total. The number of nitriles is 1. The van der Waals surface area contributed by atoms with Gasteiger partial charge in [-0.2, -0.15) is 15.4 Å². The van der Waals surface area contributed by atoms with E-state index in [2.05, 4.69) is 15.2 Å². The molecule has 0 amide bonds. The number of nitrogens with zero attached hydrogens (tertiary/aromatic N) is 5. The van der Waals surface area contributed by atoms with Crippen LogP contribution < -0.4 is 15.3 Å². The molecule has 2 aliphatic heterocycles. The van der Waals surface area contributed by atoms with Crippen LogP contribution in [0.5, 0.6) is 5.75 Å². The Balaban J connectivity index is 1.35. The second-order valence-electron chi connectivity index (χ2n) is 10.3. The van der Waals surface area contributed by atoms with Crippen LogP contribution in [0.2, 0.25) is 0 Å². The summed E-state index contributed by atoms with van der Waals surface area (Å²) in [7, 11) is -2.50. The summed E-state index contributed by atoms with van der Waals surface area (Å²) in [6.07, 6.45) is -3.05. The molecule has 2 aromatic heterocycles. The highest BCUT2D eigenvalue weighted by molar-refractivity contribution is 7.52. The number of aliphatic hydroxyl groups is 2. The van der Waals surface area contributed by atoms with Gasteiger partial charge in [-0.25, -0.2) is 14.1 Å². The number of fused-ring (bicyclic) bond motifs is 1. The fraction of sp³-hybridized carbons (Fsp3) is 0.462. The molecule has 3 aromatic rings. The number of para-hydroxylation sites is 1. The molecule has 5 rings (SSSR count). The molecule has 0 aliphatic carbocycles. The lowest BCUT2D eigenvalue weighted by molar-refractivity contribution is -0.150. The molecule has 2 saturated heterocycles. The second-order valence-corrected chi connectivity index (χ2v) is 12.0. The van der Waals surface area contributed by atoms with Gasteiger partial charge in [0.25, 0.3) is 0 Å². The lowest BCUT2D eigenvalue weighted by atomic mass is 9.96. The van der Waals surface area contributed by atoms with E-state index in [4.69, 9.17) is 24.3 Å². The van der Waals surface area contributed by atoms with Gasteiger partial charge in [0.1, 0.15) is 60.7 Å². The topological polar surface area (TPSA) is 207 Å². The number of benzene rings is 1. The first-order valence-corrected chi connectivity index (χ1v) is 14.8.